The summed E-state index contributed by atoms with van der Waals surface area (Å²) >= 11 is 5.94. The third-order valence-corrected chi connectivity index (χ3v) is 5.79. The molecule has 1 fully saturated rings. The van der Waals surface area contributed by atoms with E-state index in [-0.39, 0.29) is 23.5 Å². The molecule has 2 heterocycles. The van der Waals surface area contributed by atoms with Gasteiger partial charge in [0.1, 0.15) is 0 Å². The number of carbonyl (C=O) groups excluding carboxylic acids is 1. The predicted octanol–water partition coefficient (Wildman–Crippen LogP) is 2.11. The number of halogens is 1. The molecule has 0 radical (unpaired) electrons. The van der Waals surface area contributed by atoms with Gasteiger partial charge in [0, 0.05) is 16.5 Å². The molecule has 0 spiro atoms. The lowest BCUT2D eigenvalue weighted by molar-refractivity contribution is 0.0940. The second-order valence-electron chi connectivity index (χ2n) is 5.53. The lowest BCUT2D eigenvalue weighted by atomic mass is 10.1. The maximum absolute atomic E-state index is 12.4. The van der Waals surface area contributed by atoms with Gasteiger partial charge >= 0.3 is 0 Å². The van der Waals surface area contributed by atoms with Crippen molar-refractivity contribution in [1.82, 2.24) is 10.3 Å². The van der Waals surface area contributed by atoms with E-state index in [1.54, 1.807) is 31.2 Å². The zero-order valence-corrected chi connectivity index (χ0v) is 13.5. The van der Waals surface area contributed by atoms with E-state index in [2.05, 4.69) is 10.3 Å². The smallest absolute Gasteiger partial charge is 0.253 e. The first kappa shape index (κ1) is 15.2. The van der Waals surface area contributed by atoms with Crippen LogP contribution < -0.4 is 5.32 Å². The van der Waals surface area contributed by atoms with E-state index in [1.165, 1.54) is 0 Å². The highest BCUT2D eigenvalue weighted by Gasteiger charge is 2.29. The number of nitrogens with one attached hydrogen (secondary N) is 1. The first-order valence-corrected chi connectivity index (χ1v) is 9.12. The number of hydrogen-bond donors (Lipinski definition) is 1. The van der Waals surface area contributed by atoms with Crippen LogP contribution in [0.3, 0.4) is 0 Å². The quantitative estimate of drug-likeness (QED) is 0.910. The molecular formula is C15H15ClN2O3S. The highest BCUT2D eigenvalue weighted by atomic mass is 35.5. The lowest BCUT2D eigenvalue weighted by Crippen LogP contribution is -2.36. The van der Waals surface area contributed by atoms with Crippen LogP contribution in [-0.4, -0.2) is 36.9 Å². The van der Waals surface area contributed by atoms with Gasteiger partial charge in [-0.1, -0.05) is 17.7 Å². The molecule has 0 aliphatic carbocycles. The Morgan fingerprint density at radius 2 is 2.14 bits per heavy atom. The number of rotatable bonds is 2. The monoisotopic (exact) mass is 338 g/mol. The predicted molar refractivity (Wildman–Crippen MR) is 86.0 cm³/mol. The van der Waals surface area contributed by atoms with Crippen LogP contribution >= 0.6 is 11.6 Å². The number of sulfone groups is 1. The molecule has 1 saturated heterocycles. The molecule has 0 saturated carbocycles. The van der Waals surface area contributed by atoms with E-state index < -0.39 is 9.84 Å². The van der Waals surface area contributed by atoms with Crippen LogP contribution in [0.5, 0.6) is 0 Å². The molecule has 2 aromatic rings. The molecule has 1 aromatic heterocycles. The first-order chi connectivity index (χ1) is 10.3. The van der Waals surface area contributed by atoms with Crippen LogP contribution in [0, 0.1) is 6.92 Å². The van der Waals surface area contributed by atoms with Crippen molar-refractivity contribution >= 4 is 38.2 Å². The molecule has 5 nitrogen and oxygen atoms in total. The average Bonchev–Trinajstić information content (AvgIpc) is 2.76. The summed E-state index contributed by atoms with van der Waals surface area (Å²) < 4.78 is 22.9. The van der Waals surface area contributed by atoms with Gasteiger partial charge in [-0.25, -0.2) is 8.42 Å². The first-order valence-electron chi connectivity index (χ1n) is 6.92. The fourth-order valence-electron chi connectivity index (χ4n) is 2.64. The maximum atomic E-state index is 12.4. The Hall–Kier alpha value is -1.66. The largest absolute Gasteiger partial charge is 0.348 e. The van der Waals surface area contributed by atoms with Crippen LogP contribution in [-0.2, 0) is 9.84 Å². The van der Waals surface area contributed by atoms with E-state index >= 15 is 0 Å². The number of fused-ring (bicyclic) bond motifs is 1. The summed E-state index contributed by atoms with van der Waals surface area (Å²) in [6.45, 7) is 1.75. The third-order valence-electron chi connectivity index (χ3n) is 3.78. The van der Waals surface area contributed by atoms with Gasteiger partial charge in [-0.05, 0) is 31.5 Å². The Morgan fingerprint density at radius 1 is 1.36 bits per heavy atom. The summed E-state index contributed by atoms with van der Waals surface area (Å²) in [4.78, 5) is 16.8. The van der Waals surface area contributed by atoms with Gasteiger partial charge in [0.05, 0.1) is 28.3 Å². The minimum atomic E-state index is -3.02. The summed E-state index contributed by atoms with van der Waals surface area (Å²) in [5, 5.41) is 4.19. The Morgan fingerprint density at radius 3 is 2.82 bits per heavy atom. The van der Waals surface area contributed by atoms with Gasteiger partial charge in [0.25, 0.3) is 5.91 Å². The van der Waals surface area contributed by atoms with Gasteiger partial charge in [-0.3, -0.25) is 9.78 Å². The van der Waals surface area contributed by atoms with Gasteiger partial charge in [-0.15, -0.1) is 0 Å². The topological polar surface area (TPSA) is 76.1 Å². The van der Waals surface area contributed by atoms with Crippen LogP contribution in [0.1, 0.15) is 22.5 Å². The summed E-state index contributed by atoms with van der Waals surface area (Å²) in [5.74, 6) is -0.149. The minimum Gasteiger partial charge on any atom is -0.348 e. The van der Waals surface area contributed by atoms with Crippen molar-refractivity contribution in [1.29, 1.82) is 0 Å². The Kier molecular flexibility index (Phi) is 3.82. The van der Waals surface area contributed by atoms with Crippen LogP contribution in [0.25, 0.3) is 10.9 Å². The Balaban J connectivity index is 1.88. The summed E-state index contributed by atoms with van der Waals surface area (Å²) in [7, 11) is -3.02. The van der Waals surface area contributed by atoms with Gasteiger partial charge in [0.2, 0.25) is 0 Å². The van der Waals surface area contributed by atoms with Gasteiger partial charge in [-0.2, -0.15) is 0 Å². The SMILES string of the molecule is Cc1nc2cc(Cl)ccc2cc1C(=O)NC1CCS(=O)(=O)C1. The maximum Gasteiger partial charge on any atom is 0.253 e. The molecule has 116 valence electrons. The average molecular weight is 339 g/mol. The van der Waals surface area contributed by atoms with Crippen LogP contribution in [0.4, 0.5) is 0 Å². The number of pyridine rings is 1. The zero-order valence-electron chi connectivity index (χ0n) is 12.0. The van der Waals surface area contributed by atoms with Crippen molar-refractivity contribution in [2.75, 3.05) is 11.5 Å². The van der Waals surface area contributed by atoms with Crippen LogP contribution in [0.15, 0.2) is 24.3 Å². The number of nitrogens with zero attached hydrogens (tertiary/aromatic N) is 1. The summed E-state index contributed by atoms with van der Waals surface area (Å²) in [6, 6.07) is 6.73. The number of aryl methyl sites for hydroxylation is 1. The van der Waals surface area contributed by atoms with E-state index in [9.17, 15) is 13.2 Å². The lowest BCUT2D eigenvalue weighted by Gasteiger charge is -2.13. The molecule has 22 heavy (non-hydrogen) atoms. The van der Waals surface area contributed by atoms with Crippen molar-refractivity contribution in [3.8, 4) is 0 Å². The van der Waals surface area contributed by atoms with Crippen molar-refractivity contribution in [3.05, 3.63) is 40.5 Å². The van der Waals surface area contributed by atoms with E-state index in [0.717, 1.165) is 10.9 Å². The molecule has 7 heteroatoms. The standard InChI is InChI=1S/C15H15ClN2O3S/c1-9-13(6-10-2-3-11(16)7-14(10)17-9)15(19)18-12-4-5-22(20,21)8-12/h2-3,6-7,12H,4-5,8H2,1H3,(H,18,19). The molecule has 1 amide bonds. The summed E-state index contributed by atoms with van der Waals surface area (Å²) in [5.41, 5.74) is 1.78. The molecular weight excluding hydrogens is 324 g/mol. The van der Waals surface area contributed by atoms with Crippen LogP contribution in [0.2, 0.25) is 5.02 Å². The molecule has 0 bridgehead atoms. The van der Waals surface area contributed by atoms with Crippen molar-refractivity contribution in [2.45, 2.75) is 19.4 Å². The number of aromatic nitrogens is 1. The molecule has 1 N–H and O–H groups in total. The van der Waals surface area contributed by atoms with Crippen molar-refractivity contribution in [3.63, 3.8) is 0 Å². The number of carbonyl (C=O) groups is 1. The second-order valence-corrected chi connectivity index (χ2v) is 8.20. The normalized spacial score (nSPS) is 20.2. The fourth-order valence-corrected chi connectivity index (χ4v) is 4.48. The fraction of sp³-hybridized carbons (Fsp3) is 0.333. The second kappa shape index (κ2) is 5.52. The highest BCUT2D eigenvalue weighted by Crippen LogP contribution is 2.21. The molecule has 1 aliphatic rings. The third kappa shape index (κ3) is 3.08. The zero-order chi connectivity index (χ0) is 15.9. The Labute approximate surface area is 133 Å². The van der Waals surface area contributed by atoms with Crippen molar-refractivity contribution in [2.24, 2.45) is 0 Å². The molecule has 1 aromatic carbocycles. The molecule has 1 unspecified atom stereocenters. The van der Waals surface area contributed by atoms with E-state index in [0.29, 0.717) is 22.7 Å². The van der Waals surface area contributed by atoms with Crippen molar-refractivity contribution < 1.29 is 13.2 Å². The number of hydrogen-bond acceptors (Lipinski definition) is 4. The molecule has 3 rings (SSSR count). The molecule has 1 aliphatic heterocycles. The van der Waals surface area contributed by atoms with E-state index in [4.69, 9.17) is 11.6 Å². The molecule has 1 atom stereocenters. The minimum absolute atomic E-state index is 0.00834. The number of benzene rings is 1. The van der Waals surface area contributed by atoms with Gasteiger partial charge in [0.15, 0.2) is 9.84 Å². The summed E-state index contributed by atoms with van der Waals surface area (Å²) in [6.07, 6.45) is 0.462. The van der Waals surface area contributed by atoms with E-state index in [1.807, 2.05) is 0 Å². The highest BCUT2D eigenvalue weighted by molar-refractivity contribution is 7.91. The Bertz CT molecular complexity index is 864. The van der Waals surface area contributed by atoms with Gasteiger partial charge < -0.3 is 5.32 Å². The number of amides is 1.